The van der Waals surface area contributed by atoms with Crippen molar-refractivity contribution in [3.63, 3.8) is 0 Å². The Kier molecular flexibility index (Phi) is 11.5. The summed E-state index contributed by atoms with van der Waals surface area (Å²) in [6.45, 7) is 13.2. The van der Waals surface area contributed by atoms with Gasteiger partial charge in [0.15, 0.2) is 0 Å². The maximum absolute atomic E-state index is 14.1. The van der Waals surface area contributed by atoms with Crippen LogP contribution in [0.25, 0.3) is 11.1 Å². The number of amides is 1. The lowest BCUT2D eigenvalue weighted by Crippen LogP contribution is -2.62. The molecular formula is C39H57N4O6-. The number of rotatable bonds is 13. The third-order valence-corrected chi connectivity index (χ3v) is 11.7. The number of carbonyl (C=O) groups is 1. The summed E-state index contributed by atoms with van der Waals surface area (Å²) in [5.41, 5.74) is 3.14. The lowest BCUT2D eigenvalue weighted by molar-refractivity contribution is -0.213. The molecule has 1 heterocycles. The van der Waals surface area contributed by atoms with E-state index in [1.807, 2.05) is 55.4 Å². The van der Waals surface area contributed by atoms with Crippen LogP contribution in [-0.4, -0.2) is 96.7 Å². The number of ether oxygens (including phenoxy) is 1. The van der Waals surface area contributed by atoms with Gasteiger partial charge in [-0.2, -0.15) is 5.06 Å². The lowest BCUT2D eigenvalue weighted by atomic mass is 9.45. The van der Waals surface area contributed by atoms with Crippen molar-refractivity contribution in [1.29, 1.82) is 0 Å². The number of hydrogen-bond acceptors (Lipinski definition) is 9. The van der Waals surface area contributed by atoms with Crippen molar-refractivity contribution in [3.05, 3.63) is 53.6 Å². The van der Waals surface area contributed by atoms with Crippen molar-refractivity contribution < 1.29 is 29.7 Å². The number of para-hydroxylation sites is 1. The maximum atomic E-state index is 14.1. The molecule has 0 aromatic heterocycles. The van der Waals surface area contributed by atoms with E-state index in [4.69, 9.17) is 9.57 Å². The second kappa shape index (κ2) is 15.1. The predicted molar refractivity (Wildman–Crippen MR) is 190 cm³/mol. The minimum absolute atomic E-state index is 0.0484. The molecule has 1 aliphatic heterocycles. The average Bonchev–Trinajstić information content (AvgIpc) is 3.43. The fourth-order valence-electron chi connectivity index (χ4n) is 8.65. The van der Waals surface area contributed by atoms with E-state index in [2.05, 4.69) is 44.9 Å². The number of aliphatic hydroxyl groups excluding tert-OH is 2. The first-order chi connectivity index (χ1) is 23.2. The monoisotopic (exact) mass is 677 g/mol. The van der Waals surface area contributed by atoms with Gasteiger partial charge in [0.25, 0.3) is 0 Å². The van der Waals surface area contributed by atoms with Crippen LogP contribution < -0.4 is 15.2 Å². The molecule has 10 nitrogen and oxygen atoms in total. The molecule has 1 saturated heterocycles. The van der Waals surface area contributed by atoms with Crippen LogP contribution in [-0.2, 0) is 16.2 Å². The van der Waals surface area contributed by atoms with E-state index < -0.39 is 24.2 Å². The topological polar surface area (TPSA) is 130 Å². The molecule has 49 heavy (non-hydrogen) atoms. The summed E-state index contributed by atoms with van der Waals surface area (Å²) in [6.07, 6.45) is 0.514. The number of carbonyl (C=O) groups excluding carboxylic acids is 1. The highest BCUT2D eigenvalue weighted by Gasteiger charge is 2.57. The molecule has 9 atom stereocenters. The molecule has 0 spiro atoms. The summed E-state index contributed by atoms with van der Waals surface area (Å²) in [5.74, 6) is 1.20. The van der Waals surface area contributed by atoms with Gasteiger partial charge in [-0.25, -0.2) is 0 Å². The molecule has 2 bridgehead atoms. The predicted octanol–water partition coefficient (Wildman–Crippen LogP) is 3.72. The minimum atomic E-state index is -0.888. The number of fused-ring (bicyclic) bond motifs is 2. The molecule has 3 N–H and O–H groups in total. The van der Waals surface area contributed by atoms with Crippen LogP contribution in [0.3, 0.4) is 0 Å². The number of benzene rings is 2. The Morgan fingerprint density at radius 3 is 2.49 bits per heavy atom. The van der Waals surface area contributed by atoms with Crippen molar-refractivity contribution in [2.24, 2.45) is 40.0 Å². The van der Waals surface area contributed by atoms with Gasteiger partial charge in [-0.3, -0.25) is 14.6 Å². The molecule has 3 saturated carbocycles. The van der Waals surface area contributed by atoms with Crippen LogP contribution >= 0.6 is 0 Å². The van der Waals surface area contributed by atoms with Crippen molar-refractivity contribution in [1.82, 2.24) is 15.3 Å². The normalized spacial score (nSPS) is 29.5. The van der Waals surface area contributed by atoms with Gasteiger partial charge in [-0.1, -0.05) is 71.0 Å². The molecule has 2 unspecified atom stereocenters. The molecular weight excluding hydrogens is 620 g/mol. The summed E-state index contributed by atoms with van der Waals surface area (Å²) >= 11 is 0. The van der Waals surface area contributed by atoms with Crippen molar-refractivity contribution >= 4 is 11.8 Å². The first kappa shape index (κ1) is 37.2. The van der Waals surface area contributed by atoms with Crippen LogP contribution in [0.2, 0.25) is 0 Å². The first-order valence-corrected chi connectivity index (χ1v) is 17.9. The summed E-state index contributed by atoms with van der Waals surface area (Å²) in [6, 6.07) is 12.3. The van der Waals surface area contributed by atoms with Gasteiger partial charge < -0.3 is 30.3 Å². The number of aliphatic hydroxyl groups is 2. The van der Waals surface area contributed by atoms with Crippen LogP contribution in [0.15, 0.2) is 47.5 Å². The number of aliphatic imine (C=N–C) groups is 1. The molecule has 0 radical (unpaired) electrons. The third kappa shape index (κ3) is 7.54. The number of likely N-dealkylation sites (N-methyl/N-ethyl adjacent to an activating group) is 1. The Bertz CT molecular complexity index is 1490. The van der Waals surface area contributed by atoms with Crippen LogP contribution in [0, 0.1) is 35.0 Å². The molecule has 4 aliphatic rings. The zero-order chi connectivity index (χ0) is 35.8. The summed E-state index contributed by atoms with van der Waals surface area (Å²) < 4.78 is 5.98. The Balaban J connectivity index is 1.42. The smallest absolute Gasteiger partial charge is 0.240 e. The molecule has 4 fully saturated rings. The lowest BCUT2D eigenvalue weighted by Gasteiger charge is -2.62. The minimum Gasteiger partial charge on any atom is -0.858 e. The van der Waals surface area contributed by atoms with Gasteiger partial charge in [0.2, 0.25) is 5.91 Å². The summed E-state index contributed by atoms with van der Waals surface area (Å²) in [5, 5.41) is 39.4. The van der Waals surface area contributed by atoms with E-state index in [-0.39, 0.29) is 43.0 Å². The zero-order valence-corrected chi connectivity index (χ0v) is 30.7. The Morgan fingerprint density at radius 2 is 1.90 bits per heavy atom. The van der Waals surface area contributed by atoms with E-state index in [0.29, 0.717) is 41.0 Å². The Labute approximate surface area is 292 Å². The van der Waals surface area contributed by atoms with E-state index in [0.717, 1.165) is 23.1 Å². The highest BCUT2D eigenvalue weighted by molar-refractivity contribution is 5.92. The van der Waals surface area contributed by atoms with E-state index >= 15 is 0 Å². The SMILES string of the molecule is COc1c(CN2O[C@@H](CO)[C@@H]([C@H](C)O)[C@H]2C(=O)NC2C[C@H]3C[C@@H]([C@@H]2C)C3(C)C)cccc1-c1cccc(C([O-])=NC(CN(C)C)C(C)C)c1. The standard InChI is InChI=1S/C39H58N4O6/c1-22(2)32(20-42(7)8)41-37(46)26-13-10-12-25(16-26)29-15-11-14-27(36(29)48-9)19-43-35(34(24(4)45)33(21-44)49-43)38(47)40-31-18-28-17-30(23(31)3)39(28,5)6/h10-16,22-24,28,30-35,44-45H,17-21H2,1-9H3,(H,40,47)(H,41,46)/p-1/t23-,24-,28+,30-,31?,32?,33-,34+,35-/m0/s1. The van der Waals surface area contributed by atoms with E-state index in [1.165, 1.54) is 6.42 Å². The molecule has 2 aromatic rings. The second-order valence-corrected chi connectivity index (χ2v) is 15.8. The van der Waals surface area contributed by atoms with E-state index in [9.17, 15) is 20.1 Å². The third-order valence-electron chi connectivity index (χ3n) is 11.7. The fourth-order valence-corrected chi connectivity index (χ4v) is 8.65. The Hall–Kier alpha value is -3.02. The van der Waals surface area contributed by atoms with Crippen LogP contribution in [0.4, 0.5) is 0 Å². The molecule has 3 aliphatic carbocycles. The maximum Gasteiger partial charge on any atom is 0.240 e. The molecule has 6 rings (SSSR count). The van der Waals surface area contributed by atoms with Gasteiger partial charge >= 0.3 is 0 Å². The van der Waals surface area contributed by atoms with E-state index in [1.54, 1.807) is 25.2 Å². The van der Waals surface area contributed by atoms with Crippen molar-refractivity contribution in [3.8, 4) is 16.9 Å². The largest absolute Gasteiger partial charge is 0.858 e. The van der Waals surface area contributed by atoms with Gasteiger partial charge in [0, 0.05) is 29.6 Å². The number of methoxy groups -OCH3 is 1. The van der Waals surface area contributed by atoms with Gasteiger partial charge in [-0.15, -0.1) is 0 Å². The summed E-state index contributed by atoms with van der Waals surface area (Å²) in [7, 11) is 5.55. The number of nitrogens with one attached hydrogen (secondary N) is 1. The highest BCUT2D eigenvalue weighted by atomic mass is 16.7. The molecule has 1 amide bonds. The van der Waals surface area contributed by atoms with Crippen molar-refractivity contribution in [2.45, 2.75) is 91.3 Å². The van der Waals surface area contributed by atoms with Crippen LogP contribution in [0.1, 0.15) is 65.5 Å². The summed E-state index contributed by atoms with van der Waals surface area (Å²) in [4.78, 5) is 27.0. The zero-order valence-electron chi connectivity index (χ0n) is 30.7. The highest BCUT2D eigenvalue weighted by Crippen LogP contribution is 2.61. The van der Waals surface area contributed by atoms with Gasteiger partial charge in [-0.05, 0) is 86.0 Å². The molecule has 270 valence electrons. The fraction of sp³-hybridized carbons (Fsp3) is 0.641. The number of hydroxylamine groups is 2. The van der Waals surface area contributed by atoms with Crippen LogP contribution in [0.5, 0.6) is 5.75 Å². The Morgan fingerprint density at radius 1 is 1.18 bits per heavy atom. The quantitative estimate of drug-likeness (QED) is 0.216. The molecule has 2 aromatic carbocycles. The average molecular weight is 678 g/mol. The number of nitrogens with zero attached hydrogens (tertiary/aromatic N) is 3. The first-order valence-electron chi connectivity index (χ1n) is 17.9. The number of hydrogen-bond donors (Lipinski definition) is 3. The van der Waals surface area contributed by atoms with Gasteiger partial charge in [0.1, 0.15) is 17.9 Å². The van der Waals surface area contributed by atoms with Gasteiger partial charge in [0.05, 0.1) is 32.4 Å². The van der Waals surface area contributed by atoms with Crippen molar-refractivity contribution in [2.75, 3.05) is 34.4 Å². The second-order valence-electron chi connectivity index (χ2n) is 15.8. The molecule has 10 heteroatoms.